The maximum atomic E-state index is 11.3. The van der Waals surface area contributed by atoms with Crippen molar-refractivity contribution in [1.29, 1.82) is 0 Å². The molecule has 0 radical (unpaired) electrons. The fourth-order valence-electron chi connectivity index (χ4n) is 3.20. The van der Waals surface area contributed by atoms with E-state index in [2.05, 4.69) is 25.1 Å². The van der Waals surface area contributed by atoms with Gasteiger partial charge in [-0.3, -0.25) is 5.32 Å². The first-order valence-corrected chi connectivity index (χ1v) is 8.97. The number of aromatic nitrogens is 4. The molecule has 8 nitrogen and oxygen atoms in total. The van der Waals surface area contributed by atoms with Gasteiger partial charge in [-0.15, -0.1) is 0 Å². The second kappa shape index (κ2) is 7.50. The summed E-state index contributed by atoms with van der Waals surface area (Å²) in [7, 11) is 1.32. The molecule has 140 valence electrons. The maximum absolute atomic E-state index is 11.3. The molecule has 27 heavy (non-hydrogen) atoms. The SMILES string of the molecule is COC(=O)Nc1ccc(-c2nc(Cl)nc3c2cnn3C2CCOCC2)cc1. The van der Waals surface area contributed by atoms with E-state index in [9.17, 15) is 4.79 Å². The standard InChI is InChI=1S/C18H18ClN5O3/c1-26-18(25)21-12-4-2-11(3-5-12)15-14-10-20-24(13-6-8-27-9-7-13)16(14)23-17(19)22-15/h2-5,10,13H,6-9H2,1H3,(H,21,25). The summed E-state index contributed by atoms with van der Waals surface area (Å²) < 4.78 is 11.9. The van der Waals surface area contributed by atoms with Crippen molar-refractivity contribution in [2.45, 2.75) is 18.9 Å². The van der Waals surface area contributed by atoms with E-state index in [0.717, 1.165) is 23.8 Å². The zero-order valence-electron chi connectivity index (χ0n) is 14.7. The number of nitrogens with one attached hydrogen (secondary N) is 1. The summed E-state index contributed by atoms with van der Waals surface area (Å²) in [6, 6.07) is 7.50. The minimum atomic E-state index is -0.520. The highest BCUT2D eigenvalue weighted by molar-refractivity contribution is 6.28. The van der Waals surface area contributed by atoms with Gasteiger partial charge in [0, 0.05) is 24.5 Å². The van der Waals surface area contributed by atoms with E-state index >= 15 is 0 Å². The van der Waals surface area contributed by atoms with Crippen LogP contribution in [0.15, 0.2) is 30.5 Å². The van der Waals surface area contributed by atoms with Crippen LogP contribution in [0, 0.1) is 0 Å². The van der Waals surface area contributed by atoms with E-state index in [1.165, 1.54) is 7.11 Å². The third-order valence-corrected chi connectivity index (χ3v) is 4.72. The van der Waals surface area contributed by atoms with E-state index in [4.69, 9.17) is 16.3 Å². The highest BCUT2D eigenvalue weighted by Gasteiger charge is 2.21. The molecule has 1 amide bonds. The second-order valence-electron chi connectivity index (χ2n) is 6.21. The predicted octanol–water partition coefficient (Wildman–Crippen LogP) is 3.68. The Morgan fingerprint density at radius 2 is 2.00 bits per heavy atom. The molecule has 1 N–H and O–H groups in total. The number of rotatable bonds is 3. The number of amides is 1. The first kappa shape index (κ1) is 17.7. The number of nitrogens with zero attached hydrogens (tertiary/aromatic N) is 4. The lowest BCUT2D eigenvalue weighted by Crippen LogP contribution is -2.20. The van der Waals surface area contributed by atoms with Crippen molar-refractivity contribution >= 4 is 34.4 Å². The molecule has 3 aromatic rings. The van der Waals surface area contributed by atoms with Gasteiger partial charge in [0.25, 0.3) is 0 Å². The molecule has 1 fully saturated rings. The van der Waals surface area contributed by atoms with Gasteiger partial charge in [-0.2, -0.15) is 10.1 Å². The van der Waals surface area contributed by atoms with Gasteiger partial charge in [0.1, 0.15) is 0 Å². The van der Waals surface area contributed by atoms with E-state index in [-0.39, 0.29) is 11.3 Å². The molecule has 2 aromatic heterocycles. The van der Waals surface area contributed by atoms with Crippen LogP contribution in [0.1, 0.15) is 18.9 Å². The molecule has 4 rings (SSSR count). The minimum Gasteiger partial charge on any atom is -0.453 e. The number of carbonyl (C=O) groups excluding carboxylic acids is 1. The van der Waals surface area contributed by atoms with Crippen LogP contribution in [0.4, 0.5) is 10.5 Å². The molecule has 1 saturated heterocycles. The number of fused-ring (bicyclic) bond motifs is 1. The summed E-state index contributed by atoms with van der Waals surface area (Å²) in [5.74, 6) is 0. The van der Waals surface area contributed by atoms with Crippen LogP contribution in [-0.4, -0.2) is 46.2 Å². The predicted molar refractivity (Wildman–Crippen MR) is 101 cm³/mol. The van der Waals surface area contributed by atoms with Crippen molar-refractivity contribution in [1.82, 2.24) is 19.7 Å². The Hall–Kier alpha value is -2.71. The van der Waals surface area contributed by atoms with Gasteiger partial charge in [0.05, 0.1) is 30.4 Å². The van der Waals surface area contributed by atoms with Crippen LogP contribution in [0.5, 0.6) is 0 Å². The van der Waals surface area contributed by atoms with E-state index in [0.29, 0.717) is 30.2 Å². The lowest BCUT2D eigenvalue weighted by Gasteiger charge is -2.22. The van der Waals surface area contributed by atoms with Crippen molar-refractivity contribution in [3.63, 3.8) is 0 Å². The average molecular weight is 388 g/mol. The van der Waals surface area contributed by atoms with Crippen LogP contribution in [0.3, 0.4) is 0 Å². The number of halogens is 1. The van der Waals surface area contributed by atoms with Gasteiger partial charge in [-0.05, 0) is 36.6 Å². The van der Waals surface area contributed by atoms with Crippen molar-refractivity contribution in [2.24, 2.45) is 0 Å². The Balaban J connectivity index is 1.71. The minimum absolute atomic E-state index is 0.170. The molecule has 9 heteroatoms. The van der Waals surface area contributed by atoms with Crippen LogP contribution >= 0.6 is 11.6 Å². The Bertz CT molecular complexity index is 967. The smallest absolute Gasteiger partial charge is 0.411 e. The van der Waals surface area contributed by atoms with Gasteiger partial charge >= 0.3 is 6.09 Å². The first-order valence-electron chi connectivity index (χ1n) is 8.59. The number of ether oxygens (including phenoxy) is 2. The molecule has 0 spiro atoms. The van der Waals surface area contributed by atoms with E-state index in [1.54, 1.807) is 18.3 Å². The topological polar surface area (TPSA) is 91.2 Å². The zero-order valence-corrected chi connectivity index (χ0v) is 15.4. The Morgan fingerprint density at radius 3 is 2.70 bits per heavy atom. The summed E-state index contributed by atoms with van der Waals surface area (Å²) in [5, 5.41) is 8.16. The van der Waals surface area contributed by atoms with Crippen molar-refractivity contribution < 1.29 is 14.3 Å². The molecule has 0 atom stereocenters. The maximum Gasteiger partial charge on any atom is 0.411 e. The number of hydrogen-bond acceptors (Lipinski definition) is 6. The molecule has 0 aliphatic carbocycles. The van der Waals surface area contributed by atoms with Gasteiger partial charge in [0.2, 0.25) is 5.28 Å². The highest BCUT2D eigenvalue weighted by Crippen LogP contribution is 2.31. The van der Waals surface area contributed by atoms with Gasteiger partial charge in [-0.1, -0.05) is 12.1 Å². The largest absolute Gasteiger partial charge is 0.453 e. The van der Waals surface area contributed by atoms with Crippen LogP contribution in [0.2, 0.25) is 5.28 Å². The molecule has 0 bridgehead atoms. The molecule has 3 heterocycles. The summed E-state index contributed by atoms with van der Waals surface area (Å²) in [5.41, 5.74) is 2.90. The molecular formula is C18H18ClN5O3. The molecular weight excluding hydrogens is 370 g/mol. The fourth-order valence-corrected chi connectivity index (χ4v) is 3.36. The molecule has 1 aliphatic heterocycles. The first-order chi connectivity index (χ1) is 13.2. The van der Waals surface area contributed by atoms with Gasteiger partial charge < -0.3 is 9.47 Å². The Labute approximate surface area is 160 Å². The van der Waals surface area contributed by atoms with E-state index < -0.39 is 6.09 Å². The fraction of sp³-hybridized carbons (Fsp3) is 0.333. The monoisotopic (exact) mass is 387 g/mol. The van der Waals surface area contributed by atoms with Gasteiger partial charge in [0.15, 0.2) is 5.65 Å². The third-order valence-electron chi connectivity index (χ3n) is 4.55. The number of methoxy groups -OCH3 is 1. The average Bonchev–Trinajstić information content (AvgIpc) is 3.12. The number of anilines is 1. The van der Waals surface area contributed by atoms with Crippen LogP contribution in [-0.2, 0) is 9.47 Å². The Morgan fingerprint density at radius 1 is 1.26 bits per heavy atom. The van der Waals surface area contributed by atoms with Gasteiger partial charge in [-0.25, -0.2) is 14.5 Å². The number of hydrogen-bond donors (Lipinski definition) is 1. The normalized spacial score (nSPS) is 15.0. The summed E-state index contributed by atoms with van der Waals surface area (Å²) >= 11 is 6.20. The van der Waals surface area contributed by atoms with Crippen molar-refractivity contribution in [2.75, 3.05) is 25.6 Å². The number of carbonyl (C=O) groups is 1. The molecule has 1 aromatic carbocycles. The van der Waals surface area contributed by atoms with Crippen LogP contribution in [0.25, 0.3) is 22.3 Å². The van der Waals surface area contributed by atoms with Crippen molar-refractivity contribution in [3.05, 3.63) is 35.7 Å². The zero-order chi connectivity index (χ0) is 18.8. The number of benzene rings is 1. The molecule has 1 aliphatic rings. The van der Waals surface area contributed by atoms with Crippen molar-refractivity contribution in [3.8, 4) is 11.3 Å². The molecule has 0 unspecified atom stereocenters. The summed E-state index contributed by atoms with van der Waals surface area (Å²) in [6.45, 7) is 1.43. The quantitative estimate of drug-likeness (QED) is 0.689. The second-order valence-corrected chi connectivity index (χ2v) is 6.54. The third kappa shape index (κ3) is 3.58. The lowest BCUT2D eigenvalue weighted by molar-refractivity contribution is 0.0673. The van der Waals surface area contributed by atoms with Crippen LogP contribution < -0.4 is 5.32 Å². The summed E-state index contributed by atoms with van der Waals surface area (Å²) in [4.78, 5) is 20.1. The lowest BCUT2D eigenvalue weighted by atomic mass is 10.1. The highest BCUT2D eigenvalue weighted by atomic mass is 35.5. The Kier molecular flexibility index (Phi) is 4.91. The molecule has 0 saturated carbocycles. The summed E-state index contributed by atoms with van der Waals surface area (Å²) in [6.07, 6.45) is 3.04. The van der Waals surface area contributed by atoms with E-state index in [1.807, 2.05) is 16.8 Å².